The van der Waals surface area contributed by atoms with Crippen molar-refractivity contribution in [3.63, 3.8) is 0 Å². The van der Waals surface area contributed by atoms with Crippen LogP contribution in [0.15, 0.2) is 75.0 Å². The maximum atomic E-state index is 13.1. The summed E-state index contributed by atoms with van der Waals surface area (Å²) >= 11 is 0. The van der Waals surface area contributed by atoms with Crippen LogP contribution in [0.3, 0.4) is 0 Å². The third kappa shape index (κ3) is 2.14. The zero-order valence-corrected chi connectivity index (χ0v) is 14.4. The van der Waals surface area contributed by atoms with Crippen LogP contribution >= 0.6 is 0 Å². The third-order valence-corrected chi connectivity index (χ3v) is 4.78. The van der Waals surface area contributed by atoms with Crippen LogP contribution in [0, 0.1) is 6.92 Å². The van der Waals surface area contributed by atoms with E-state index in [1.54, 1.807) is 42.9 Å². The molecule has 26 heavy (non-hydrogen) atoms. The lowest BCUT2D eigenvalue weighted by molar-refractivity contribution is 0.630. The molecule has 0 aliphatic heterocycles. The van der Waals surface area contributed by atoms with Crippen molar-refractivity contribution >= 4 is 0 Å². The van der Waals surface area contributed by atoms with Crippen LogP contribution in [-0.4, -0.2) is 9.36 Å². The number of hydrogen-bond donors (Lipinski definition) is 0. The number of para-hydroxylation sites is 1. The molecule has 1 aromatic heterocycles. The molecule has 0 amide bonds. The van der Waals surface area contributed by atoms with E-state index in [4.69, 9.17) is 0 Å². The summed E-state index contributed by atoms with van der Waals surface area (Å²) in [5, 5.41) is 0. The maximum Gasteiger partial charge on any atom is 0.279 e. The zero-order valence-electron chi connectivity index (χ0n) is 14.4. The average Bonchev–Trinajstić information content (AvgIpc) is 2.89. The standard InChI is InChI=1S/C21H16N2O3/c1-13-16(21(26)23(22(13)2)15-11-7-4-8-12-15)18-17(19(24)20(18)25)14-9-5-3-6-10-14/h3-12H,1-2H3. The van der Waals surface area contributed by atoms with Gasteiger partial charge in [-0.25, -0.2) is 4.68 Å². The van der Waals surface area contributed by atoms with Gasteiger partial charge in [-0.2, -0.15) is 0 Å². The highest BCUT2D eigenvalue weighted by Crippen LogP contribution is 2.29. The second kappa shape index (κ2) is 5.81. The molecule has 0 aliphatic carbocycles. The van der Waals surface area contributed by atoms with Gasteiger partial charge in [0.25, 0.3) is 5.56 Å². The SMILES string of the molecule is Cc1c(-c2c(-c3ccccc3)c(=O)c2=O)c(=O)n(-c2ccccc2)n1C. The number of benzene rings is 2. The molecule has 0 spiro atoms. The van der Waals surface area contributed by atoms with Gasteiger partial charge >= 0.3 is 0 Å². The summed E-state index contributed by atoms with van der Waals surface area (Å²) in [6.45, 7) is 1.78. The zero-order chi connectivity index (χ0) is 18.4. The Morgan fingerprint density at radius 1 is 0.692 bits per heavy atom. The van der Waals surface area contributed by atoms with Gasteiger partial charge in [-0.15, -0.1) is 0 Å². The highest BCUT2D eigenvalue weighted by Gasteiger charge is 2.29. The Balaban J connectivity index is 2.01. The number of rotatable bonds is 3. The minimum absolute atomic E-state index is 0.217. The van der Waals surface area contributed by atoms with E-state index in [1.807, 2.05) is 36.4 Å². The van der Waals surface area contributed by atoms with Gasteiger partial charge in [-0.3, -0.25) is 19.1 Å². The fourth-order valence-electron chi connectivity index (χ4n) is 3.37. The van der Waals surface area contributed by atoms with Gasteiger partial charge in [-0.05, 0) is 24.6 Å². The molecule has 5 heteroatoms. The average molecular weight is 344 g/mol. The van der Waals surface area contributed by atoms with Gasteiger partial charge < -0.3 is 0 Å². The summed E-state index contributed by atoms with van der Waals surface area (Å²) < 4.78 is 3.22. The van der Waals surface area contributed by atoms with Gasteiger partial charge in [0.05, 0.1) is 16.8 Å². The quantitative estimate of drug-likeness (QED) is 0.536. The van der Waals surface area contributed by atoms with E-state index in [-0.39, 0.29) is 11.1 Å². The Hall–Kier alpha value is -3.47. The third-order valence-electron chi connectivity index (χ3n) is 4.78. The largest absolute Gasteiger partial charge is 0.285 e. The van der Waals surface area contributed by atoms with Crippen molar-refractivity contribution < 1.29 is 0 Å². The van der Waals surface area contributed by atoms with Gasteiger partial charge in [0.2, 0.25) is 10.9 Å². The van der Waals surface area contributed by atoms with Crippen molar-refractivity contribution in [1.82, 2.24) is 9.36 Å². The molecular formula is C21H16N2O3. The first-order valence-corrected chi connectivity index (χ1v) is 8.25. The van der Waals surface area contributed by atoms with Crippen LogP contribution in [0.25, 0.3) is 27.9 Å². The second-order valence-corrected chi connectivity index (χ2v) is 6.21. The molecule has 128 valence electrons. The van der Waals surface area contributed by atoms with Gasteiger partial charge in [0, 0.05) is 18.3 Å². The summed E-state index contributed by atoms with van der Waals surface area (Å²) in [5.41, 5.74) is 1.38. The molecular weight excluding hydrogens is 328 g/mol. The molecule has 4 aromatic rings. The van der Waals surface area contributed by atoms with E-state index in [9.17, 15) is 14.4 Å². The Kier molecular flexibility index (Phi) is 3.58. The van der Waals surface area contributed by atoms with E-state index >= 15 is 0 Å². The van der Waals surface area contributed by atoms with E-state index in [0.29, 0.717) is 28.1 Å². The smallest absolute Gasteiger partial charge is 0.279 e. The maximum absolute atomic E-state index is 13.1. The Morgan fingerprint density at radius 3 is 1.85 bits per heavy atom. The molecule has 0 bridgehead atoms. The first-order chi connectivity index (χ1) is 12.5. The number of aromatic nitrogens is 2. The molecule has 1 heterocycles. The molecule has 5 nitrogen and oxygen atoms in total. The van der Waals surface area contributed by atoms with Crippen LogP contribution in [0.4, 0.5) is 0 Å². The van der Waals surface area contributed by atoms with Crippen molar-refractivity contribution in [3.8, 4) is 27.9 Å². The second-order valence-electron chi connectivity index (χ2n) is 6.21. The van der Waals surface area contributed by atoms with Gasteiger partial charge in [-0.1, -0.05) is 48.5 Å². The summed E-state index contributed by atoms with van der Waals surface area (Å²) in [5.74, 6) is 0. The monoisotopic (exact) mass is 344 g/mol. The van der Waals surface area contributed by atoms with Crippen molar-refractivity contribution in [1.29, 1.82) is 0 Å². The number of hydrogen-bond acceptors (Lipinski definition) is 3. The first-order valence-electron chi connectivity index (χ1n) is 8.25. The number of nitrogens with zero attached hydrogens (tertiary/aromatic N) is 2. The van der Waals surface area contributed by atoms with Crippen LogP contribution in [0.2, 0.25) is 0 Å². The lowest BCUT2D eigenvalue weighted by Crippen LogP contribution is -2.36. The van der Waals surface area contributed by atoms with Crippen molar-refractivity contribution in [2.24, 2.45) is 7.05 Å². The molecule has 4 rings (SSSR count). The van der Waals surface area contributed by atoms with Crippen LogP contribution < -0.4 is 16.4 Å². The van der Waals surface area contributed by atoms with E-state index < -0.39 is 10.9 Å². The van der Waals surface area contributed by atoms with Crippen molar-refractivity contribution in [3.05, 3.63) is 97.2 Å². The van der Waals surface area contributed by atoms with Crippen LogP contribution in [-0.2, 0) is 7.05 Å². The molecule has 0 unspecified atom stereocenters. The normalized spacial score (nSPS) is 11.2. The Morgan fingerprint density at radius 2 is 1.23 bits per heavy atom. The van der Waals surface area contributed by atoms with Crippen LogP contribution in [0.5, 0.6) is 0 Å². The highest BCUT2D eigenvalue weighted by atomic mass is 16.2. The molecule has 0 atom stereocenters. The Labute approximate surface area is 149 Å². The van der Waals surface area contributed by atoms with Crippen LogP contribution in [0.1, 0.15) is 5.69 Å². The van der Waals surface area contributed by atoms with Crippen molar-refractivity contribution in [2.45, 2.75) is 6.92 Å². The lowest BCUT2D eigenvalue weighted by atomic mass is 9.89. The summed E-state index contributed by atoms with van der Waals surface area (Å²) in [6.07, 6.45) is 0. The predicted octanol–water partition coefficient (Wildman–Crippen LogP) is 2.41. The predicted molar refractivity (Wildman–Crippen MR) is 102 cm³/mol. The van der Waals surface area contributed by atoms with E-state index in [0.717, 1.165) is 0 Å². The summed E-state index contributed by atoms with van der Waals surface area (Å²) in [6, 6.07) is 18.2. The minimum atomic E-state index is -0.602. The van der Waals surface area contributed by atoms with E-state index in [1.165, 1.54) is 4.68 Å². The fraction of sp³-hybridized carbons (Fsp3) is 0.0952. The first kappa shape index (κ1) is 16.0. The Bertz CT molecular complexity index is 1240. The summed E-state index contributed by atoms with van der Waals surface area (Å²) in [7, 11) is 1.76. The minimum Gasteiger partial charge on any atom is -0.285 e. The molecule has 0 fully saturated rings. The lowest BCUT2D eigenvalue weighted by Gasteiger charge is -2.10. The van der Waals surface area contributed by atoms with E-state index in [2.05, 4.69) is 0 Å². The molecule has 0 saturated heterocycles. The molecule has 3 aromatic carbocycles. The molecule has 0 saturated carbocycles. The fourth-order valence-corrected chi connectivity index (χ4v) is 3.37. The van der Waals surface area contributed by atoms with Gasteiger partial charge in [0.15, 0.2) is 0 Å². The summed E-state index contributed by atoms with van der Waals surface area (Å²) in [4.78, 5) is 37.7. The van der Waals surface area contributed by atoms with Crippen molar-refractivity contribution in [2.75, 3.05) is 0 Å². The molecule has 0 N–H and O–H groups in total. The molecule has 0 radical (unpaired) electrons. The highest BCUT2D eigenvalue weighted by molar-refractivity contribution is 5.87. The molecule has 0 aliphatic rings. The topological polar surface area (TPSA) is 61.1 Å². The van der Waals surface area contributed by atoms with Gasteiger partial charge in [0.1, 0.15) is 0 Å².